The molecule has 0 bridgehead atoms. The Morgan fingerprint density at radius 2 is 0.129 bits per heavy atom. The summed E-state index contributed by atoms with van der Waals surface area (Å²) in [5.41, 5.74) is 4.48. The van der Waals surface area contributed by atoms with Crippen LogP contribution in [0.5, 0.6) is 69.0 Å². The zero-order valence-corrected chi connectivity index (χ0v) is 80.4. The van der Waals surface area contributed by atoms with Crippen molar-refractivity contribution in [2.24, 2.45) is 0 Å². The number of aliphatic hydroxyl groups excluding tert-OH is 12. The minimum atomic E-state index is -1.46. The SMILES string of the molecule is O.O.O.O.O.O.O.O.Oc1ccc(C(O)O)cc1.Oc1ccc(C(O)O)cc1.Oc1ccc(C(O)O)cc1.Oc1ccc(C(O)O)cc1.Oc1ccc(C(O)O)cc1.Oc1ccc(C(O)O)cc1.Oc1ccc(C(O)O)cc1.Oc1ccc(C(O)O)cc1.Oc1ccc(C(O)O)cc1.Oc1ccc(C(O)O)cc1.Oc1ccc(C(O)O)cc1.Oc1ccc(C(O)O)cc1.[Y].[Y].[Y].[Y]. The van der Waals surface area contributed by atoms with E-state index in [0.29, 0.717) is 66.8 Å². The van der Waals surface area contributed by atoms with Gasteiger partial charge in [0.15, 0.2) is 75.5 Å². The summed E-state index contributed by atoms with van der Waals surface area (Å²) < 4.78 is 0. The molecule has 12 aromatic carbocycles. The zero-order chi connectivity index (χ0) is 90.7. The number of phenolic OH excluding ortho intramolecular Hbond substituents is 12. The van der Waals surface area contributed by atoms with Crippen molar-refractivity contribution in [1.29, 1.82) is 0 Å². The topological polar surface area (TPSA) is 980 Å². The second-order valence-electron chi connectivity index (χ2n) is 23.6. The minimum Gasteiger partial charge on any atom is -0.508 e. The molecule has 4 radical (unpaired) electrons. The van der Waals surface area contributed by atoms with E-state index in [4.69, 9.17) is 184 Å². The first kappa shape index (κ1) is 149. The average Bonchev–Trinajstić information content (AvgIpc) is 1.01. The van der Waals surface area contributed by atoms with Crippen LogP contribution in [0.15, 0.2) is 291 Å². The maximum absolute atomic E-state index is 8.78. The Morgan fingerprint density at radius 3 is 0.159 bits per heavy atom. The molecule has 0 spiro atoms. The van der Waals surface area contributed by atoms with Gasteiger partial charge in [-0.25, -0.2) is 0 Å². The van der Waals surface area contributed by atoms with Gasteiger partial charge in [0, 0.05) is 198 Å². The number of hydrogen-bond donors (Lipinski definition) is 36. The van der Waals surface area contributed by atoms with Crippen LogP contribution < -0.4 is 0 Å². The summed E-state index contributed by atoms with van der Waals surface area (Å²) in [5, 5.41) is 311. The number of aliphatic hydroxyl groups is 24. The van der Waals surface area contributed by atoms with Gasteiger partial charge in [0.1, 0.15) is 69.0 Å². The molecule has 12 rings (SSSR count). The van der Waals surface area contributed by atoms with E-state index in [9.17, 15) is 0 Å². The van der Waals surface area contributed by atoms with E-state index in [2.05, 4.69) is 0 Å². The molecule has 0 saturated carbocycles. The molecule has 0 amide bonds. The fraction of sp³-hybridized carbons (Fsp3) is 0.143. The van der Waals surface area contributed by atoms with Gasteiger partial charge in [0.05, 0.1) is 0 Å². The van der Waals surface area contributed by atoms with Gasteiger partial charge in [-0.15, -0.1) is 0 Å². The predicted octanol–water partition coefficient (Wildman–Crippen LogP) is -2.10. The molecule has 0 unspecified atom stereocenters. The molecule has 48 heteroatoms. The molecule has 132 heavy (non-hydrogen) atoms. The quantitative estimate of drug-likeness (QED) is 0.0583. The maximum Gasteiger partial charge on any atom is 0.178 e. The van der Waals surface area contributed by atoms with Crippen LogP contribution in [0.3, 0.4) is 0 Å². The van der Waals surface area contributed by atoms with Crippen LogP contribution in [0.1, 0.15) is 142 Å². The molecule has 0 aliphatic heterocycles. The Kier molecular flexibility index (Phi) is 93.7. The molecule has 0 atom stereocenters. The van der Waals surface area contributed by atoms with Gasteiger partial charge in [-0.1, -0.05) is 146 Å². The number of benzene rings is 12. The zero-order valence-electron chi connectivity index (χ0n) is 69.1. The van der Waals surface area contributed by atoms with Gasteiger partial charge in [0.2, 0.25) is 0 Å². The molecule has 52 N–H and O–H groups in total. The van der Waals surface area contributed by atoms with Crippen LogP contribution >= 0.6 is 0 Å². The molecule has 0 fully saturated rings. The molecular formula is C84H112O44Y4. The van der Waals surface area contributed by atoms with Gasteiger partial charge >= 0.3 is 0 Å². The van der Waals surface area contributed by atoms with Gasteiger partial charge < -0.3 is 228 Å². The fourth-order valence-electron chi connectivity index (χ4n) is 7.76. The number of phenols is 12. The normalized spacial score (nSPS) is 9.36. The third-order valence-electron chi connectivity index (χ3n) is 14.3. The van der Waals surface area contributed by atoms with Crippen LogP contribution in [0, 0.1) is 0 Å². The van der Waals surface area contributed by atoms with Gasteiger partial charge in [-0.3, -0.25) is 0 Å². The molecule has 0 saturated heterocycles. The Balaban J connectivity index is -0.000000118. The molecule has 0 aromatic heterocycles. The maximum atomic E-state index is 8.78. The van der Waals surface area contributed by atoms with Gasteiger partial charge in [-0.2, -0.15) is 0 Å². The molecule has 0 aliphatic carbocycles. The first-order valence-electron chi connectivity index (χ1n) is 34.2. The van der Waals surface area contributed by atoms with Crippen LogP contribution in [0.4, 0.5) is 0 Å². The second-order valence-corrected chi connectivity index (χ2v) is 23.6. The van der Waals surface area contributed by atoms with E-state index in [-0.39, 0.29) is 244 Å². The third kappa shape index (κ3) is 69.2. The van der Waals surface area contributed by atoms with Crippen molar-refractivity contribution in [2.75, 3.05) is 0 Å². The molecule has 0 heterocycles. The van der Waals surface area contributed by atoms with Crippen molar-refractivity contribution < 1.29 is 358 Å². The molecule has 44 nitrogen and oxygen atoms in total. The van der Waals surface area contributed by atoms with Gasteiger partial charge in [0.25, 0.3) is 0 Å². The van der Waals surface area contributed by atoms with E-state index >= 15 is 0 Å². The molecule has 0 aliphatic rings. The van der Waals surface area contributed by atoms with Crippen molar-refractivity contribution >= 4 is 0 Å². The molecule has 12 aromatic rings. The predicted molar refractivity (Wildman–Crippen MR) is 452 cm³/mol. The van der Waals surface area contributed by atoms with E-state index in [0.717, 1.165) is 0 Å². The van der Waals surface area contributed by atoms with Crippen LogP contribution in [-0.4, -0.2) is 228 Å². The van der Waals surface area contributed by atoms with Gasteiger partial charge in [-0.05, 0) is 146 Å². The Bertz CT molecular complexity index is 3530. The largest absolute Gasteiger partial charge is 0.508 e. The van der Waals surface area contributed by atoms with E-state index in [1.807, 2.05) is 0 Å². The number of aromatic hydroxyl groups is 12. The molecular weight excluding hydrogens is 2070 g/mol. The first-order chi connectivity index (χ1) is 56.4. The smallest absolute Gasteiger partial charge is 0.178 e. The summed E-state index contributed by atoms with van der Waals surface area (Å²) in [4.78, 5) is 0. The van der Waals surface area contributed by atoms with Crippen LogP contribution in [0.2, 0.25) is 0 Å². The Labute approximate surface area is 852 Å². The van der Waals surface area contributed by atoms with Crippen molar-refractivity contribution in [3.05, 3.63) is 358 Å². The Hall–Kier alpha value is -8.62. The first-order valence-corrected chi connectivity index (χ1v) is 34.2. The fourth-order valence-corrected chi connectivity index (χ4v) is 7.76. The van der Waals surface area contributed by atoms with Crippen LogP contribution in [0.25, 0.3) is 0 Å². The van der Waals surface area contributed by atoms with E-state index in [1.165, 1.54) is 291 Å². The summed E-state index contributed by atoms with van der Waals surface area (Å²) >= 11 is 0. The Morgan fingerprint density at radius 1 is 0.0909 bits per heavy atom. The summed E-state index contributed by atoms with van der Waals surface area (Å²) in [7, 11) is 0. The van der Waals surface area contributed by atoms with Crippen molar-refractivity contribution in [1.82, 2.24) is 0 Å². The van der Waals surface area contributed by atoms with Crippen molar-refractivity contribution in [3.8, 4) is 69.0 Å². The van der Waals surface area contributed by atoms with Crippen molar-refractivity contribution in [3.63, 3.8) is 0 Å². The van der Waals surface area contributed by atoms with Crippen molar-refractivity contribution in [2.45, 2.75) is 75.5 Å². The summed E-state index contributed by atoms with van der Waals surface area (Å²) in [5.74, 6) is 1.38. The number of rotatable bonds is 12. The standard InChI is InChI=1S/12C7H8O3.8H2O.4Y/c12*8-6-3-1-5(2-4-6)7(9)10;;;;;;;;;;;;/h12*1-4,7-10H;8*1H2;;;;. The monoisotopic (exact) mass is 2180 g/mol. The second kappa shape index (κ2) is 83.0. The minimum absolute atomic E-state index is 0. The van der Waals surface area contributed by atoms with Crippen LogP contribution in [-0.2, 0) is 131 Å². The van der Waals surface area contributed by atoms with E-state index < -0.39 is 75.5 Å². The average molecular weight is 2180 g/mol. The summed E-state index contributed by atoms with van der Waals surface area (Å²) in [6.07, 6.45) is -17.5. The summed E-state index contributed by atoms with van der Waals surface area (Å²) in [6, 6.07) is 68.2. The number of hydrogen-bond acceptors (Lipinski definition) is 36. The summed E-state index contributed by atoms with van der Waals surface area (Å²) in [6.45, 7) is 0. The molecule has 724 valence electrons. The van der Waals surface area contributed by atoms with E-state index in [1.54, 1.807) is 0 Å². The third-order valence-corrected chi connectivity index (χ3v) is 14.3.